The van der Waals surface area contributed by atoms with Gasteiger partial charge in [0, 0.05) is 17.4 Å². The third kappa shape index (κ3) is 3.27. The molecule has 2 atom stereocenters. The lowest BCUT2D eigenvalue weighted by Crippen LogP contribution is -2.30. The second-order valence-corrected chi connectivity index (χ2v) is 5.58. The van der Waals surface area contributed by atoms with Crippen molar-refractivity contribution in [3.05, 3.63) is 30.3 Å². The Morgan fingerprint density at radius 2 is 2.17 bits per heavy atom. The lowest BCUT2D eigenvalue weighted by Gasteiger charge is -2.30. The number of hydrogen-bond acceptors (Lipinski definition) is 2. The molecule has 0 N–H and O–H groups in total. The Morgan fingerprint density at radius 3 is 2.78 bits per heavy atom. The average molecular weight is 313 g/mol. The van der Waals surface area contributed by atoms with Gasteiger partial charge in [-0.1, -0.05) is 34.1 Å². The third-order valence-corrected chi connectivity index (χ3v) is 5.04. The first-order chi connectivity index (χ1) is 8.77. The van der Waals surface area contributed by atoms with Crippen molar-refractivity contribution in [3.8, 4) is 5.75 Å². The lowest BCUT2D eigenvalue weighted by atomic mass is 9.80. The number of benzene rings is 1. The molecule has 1 fully saturated rings. The quantitative estimate of drug-likeness (QED) is 0.583. The molecule has 0 radical (unpaired) electrons. The zero-order valence-electron chi connectivity index (χ0n) is 10.9. The maximum Gasteiger partial charge on any atom is 0.119 e. The molecule has 0 aliphatic carbocycles. The van der Waals surface area contributed by atoms with Crippen LogP contribution in [0.3, 0.4) is 0 Å². The summed E-state index contributed by atoms with van der Waals surface area (Å²) in [6, 6.07) is 10.0. The van der Waals surface area contributed by atoms with E-state index in [4.69, 9.17) is 9.47 Å². The summed E-state index contributed by atoms with van der Waals surface area (Å²) in [4.78, 5) is 0. The molecule has 2 rings (SSSR count). The van der Waals surface area contributed by atoms with Crippen LogP contribution < -0.4 is 4.74 Å². The van der Waals surface area contributed by atoms with Gasteiger partial charge in [0.05, 0.1) is 12.7 Å². The zero-order chi connectivity index (χ0) is 12.8. The molecule has 2 nitrogen and oxygen atoms in total. The summed E-state index contributed by atoms with van der Waals surface area (Å²) in [6.45, 7) is 3.87. The van der Waals surface area contributed by atoms with Gasteiger partial charge in [-0.3, -0.25) is 0 Å². The van der Waals surface area contributed by atoms with Gasteiger partial charge >= 0.3 is 0 Å². The first-order valence-corrected chi connectivity index (χ1v) is 7.74. The van der Waals surface area contributed by atoms with E-state index in [-0.39, 0.29) is 0 Å². The van der Waals surface area contributed by atoms with Crippen LogP contribution in [0.5, 0.6) is 5.75 Å². The average Bonchev–Trinajstić information content (AvgIpc) is 2.78. The van der Waals surface area contributed by atoms with Crippen LogP contribution in [0.2, 0.25) is 0 Å². The maximum absolute atomic E-state index is 5.73. The van der Waals surface area contributed by atoms with Crippen LogP contribution >= 0.6 is 15.9 Å². The topological polar surface area (TPSA) is 18.5 Å². The Kier molecular flexibility index (Phi) is 5.07. The van der Waals surface area contributed by atoms with Gasteiger partial charge in [-0.25, -0.2) is 0 Å². The number of hydrogen-bond donors (Lipinski definition) is 0. The van der Waals surface area contributed by atoms with E-state index in [2.05, 4.69) is 22.9 Å². The van der Waals surface area contributed by atoms with E-state index in [0.717, 1.165) is 43.6 Å². The van der Waals surface area contributed by atoms with Gasteiger partial charge in [-0.15, -0.1) is 0 Å². The summed E-state index contributed by atoms with van der Waals surface area (Å²) >= 11 is 3.65. The molecule has 1 aliphatic rings. The van der Waals surface area contributed by atoms with E-state index in [0.29, 0.717) is 11.5 Å². The molecule has 18 heavy (non-hydrogen) atoms. The Hall–Kier alpha value is -0.540. The zero-order valence-corrected chi connectivity index (χ0v) is 12.5. The second-order valence-electron chi connectivity index (χ2n) is 5.02. The van der Waals surface area contributed by atoms with E-state index in [1.807, 2.05) is 30.3 Å². The van der Waals surface area contributed by atoms with Crippen molar-refractivity contribution in [3.63, 3.8) is 0 Å². The molecular formula is C15H21BrO2. The summed E-state index contributed by atoms with van der Waals surface area (Å²) in [5, 5.41) is 1.02. The molecule has 1 aromatic rings. The molecule has 0 spiro atoms. The molecule has 0 saturated carbocycles. The summed E-state index contributed by atoms with van der Waals surface area (Å²) in [7, 11) is 0. The van der Waals surface area contributed by atoms with Crippen molar-refractivity contribution in [2.45, 2.75) is 32.3 Å². The van der Waals surface area contributed by atoms with Crippen LogP contribution in [0.4, 0.5) is 0 Å². The van der Waals surface area contributed by atoms with E-state index >= 15 is 0 Å². The van der Waals surface area contributed by atoms with E-state index < -0.39 is 0 Å². The summed E-state index contributed by atoms with van der Waals surface area (Å²) in [6.07, 6.45) is 3.75. The van der Waals surface area contributed by atoms with E-state index in [1.54, 1.807) is 0 Å². The smallest absolute Gasteiger partial charge is 0.119 e. The van der Waals surface area contributed by atoms with Crippen molar-refractivity contribution in [2.24, 2.45) is 5.41 Å². The number of rotatable bonds is 6. The molecule has 1 aliphatic heterocycles. The van der Waals surface area contributed by atoms with Gasteiger partial charge in [0.25, 0.3) is 0 Å². The number of para-hydroxylation sites is 1. The highest BCUT2D eigenvalue weighted by molar-refractivity contribution is 9.09. The molecule has 3 heteroatoms. The van der Waals surface area contributed by atoms with Crippen LogP contribution in [-0.4, -0.2) is 24.6 Å². The van der Waals surface area contributed by atoms with Crippen LogP contribution in [-0.2, 0) is 4.74 Å². The molecule has 100 valence electrons. The van der Waals surface area contributed by atoms with E-state index in [9.17, 15) is 0 Å². The van der Waals surface area contributed by atoms with Gasteiger partial charge in [0.15, 0.2) is 0 Å². The van der Waals surface area contributed by atoms with E-state index in [1.165, 1.54) is 0 Å². The molecule has 0 aromatic heterocycles. The highest BCUT2D eigenvalue weighted by Gasteiger charge is 2.39. The van der Waals surface area contributed by atoms with Gasteiger partial charge in [-0.2, -0.15) is 0 Å². The van der Waals surface area contributed by atoms with Crippen LogP contribution in [0.1, 0.15) is 26.2 Å². The van der Waals surface area contributed by atoms with Crippen molar-refractivity contribution >= 4 is 15.9 Å². The molecule has 1 heterocycles. The highest BCUT2D eigenvalue weighted by Crippen LogP contribution is 2.40. The number of alkyl halides is 1. The molecule has 2 unspecified atom stereocenters. The minimum Gasteiger partial charge on any atom is -0.494 e. The fraction of sp³-hybridized carbons (Fsp3) is 0.600. The van der Waals surface area contributed by atoms with Crippen LogP contribution in [0, 0.1) is 5.41 Å². The predicted molar refractivity (Wildman–Crippen MR) is 77.4 cm³/mol. The standard InChI is InChI=1S/C15H21BrO2/c1-13-15(12-16,9-11-17-13)8-5-10-18-14-6-3-2-4-7-14/h2-4,6-7,13H,5,8-12H2,1H3. The summed E-state index contributed by atoms with van der Waals surface area (Å²) in [5.41, 5.74) is 0.306. The SMILES string of the molecule is CC1OCCC1(CBr)CCCOc1ccccc1. The monoisotopic (exact) mass is 312 g/mol. The summed E-state index contributed by atoms with van der Waals surface area (Å²) in [5.74, 6) is 0.959. The van der Waals surface area contributed by atoms with Crippen LogP contribution in [0.25, 0.3) is 0 Å². The minimum absolute atomic E-state index is 0.306. The molecule has 1 aromatic carbocycles. The fourth-order valence-corrected chi connectivity index (χ4v) is 3.54. The number of ether oxygens (including phenoxy) is 2. The summed E-state index contributed by atoms with van der Waals surface area (Å²) < 4.78 is 11.4. The highest BCUT2D eigenvalue weighted by atomic mass is 79.9. The Bertz CT molecular complexity index is 355. The van der Waals surface area contributed by atoms with Crippen molar-refractivity contribution in [1.29, 1.82) is 0 Å². The minimum atomic E-state index is 0.306. The van der Waals surface area contributed by atoms with Crippen molar-refractivity contribution in [2.75, 3.05) is 18.5 Å². The molecular weight excluding hydrogens is 292 g/mol. The van der Waals surface area contributed by atoms with Crippen molar-refractivity contribution < 1.29 is 9.47 Å². The largest absolute Gasteiger partial charge is 0.494 e. The van der Waals surface area contributed by atoms with Crippen LogP contribution in [0.15, 0.2) is 30.3 Å². The molecule has 0 bridgehead atoms. The first-order valence-electron chi connectivity index (χ1n) is 6.62. The Balaban J connectivity index is 1.75. The van der Waals surface area contributed by atoms with Gasteiger partial charge in [0.2, 0.25) is 0 Å². The van der Waals surface area contributed by atoms with Gasteiger partial charge in [0.1, 0.15) is 5.75 Å². The fourth-order valence-electron chi connectivity index (χ4n) is 2.52. The van der Waals surface area contributed by atoms with Gasteiger partial charge in [-0.05, 0) is 38.3 Å². The second kappa shape index (κ2) is 6.58. The molecule has 1 saturated heterocycles. The van der Waals surface area contributed by atoms with Crippen molar-refractivity contribution in [1.82, 2.24) is 0 Å². The Morgan fingerprint density at radius 1 is 1.39 bits per heavy atom. The predicted octanol–water partition coefficient (Wildman–Crippen LogP) is 4.04. The van der Waals surface area contributed by atoms with Gasteiger partial charge < -0.3 is 9.47 Å². The number of halogens is 1. The lowest BCUT2D eigenvalue weighted by molar-refractivity contribution is 0.0677. The molecule has 0 amide bonds. The first kappa shape index (κ1) is 13.9. The normalized spacial score (nSPS) is 27.3. The maximum atomic E-state index is 5.73. The Labute approximate surface area is 118 Å². The third-order valence-electron chi connectivity index (χ3n) is 3.93.